The molecule has 38 heavy (non-hydrogen) atoms. The molecule has 2 heterocycles. The number of aromatic nitrogens is 4. The van der Waals surface area contributed by atoms with Crippen molar-refractivity contribution >= 4 is 53.2 Å². The van der Waals surface area contributed by atoms with E-state index in [2.05, 4.69) is 20.0 Å². The Morgan fingerprint density at radius 3 is 2.71 bits per heavy atom. The fourth-order valence-corrected chi connectivity index (χ4v) is 6.23. The van der Waals surface area contributed by atoms with E-state index >= 15 is 0 Å². The van der Waals surface area contributed by atoms with Gasteiger partial charge in [-0.25, -0.2) is 9.55 Å². The van der Waals surface area contributed by atoms with E-state index in [4.69, 9.17) is 31.1 Å². The summed E-state index contributed by atoms with van der Waals surface area (Å²) in [5.41, 5.74) is 6.90. The van der Waals surface area contributed by atoms with Gasteiger partial charge < -0.3 is 24.7 Å². The number of nitrogens with zero attached hydrogens (tertiary/aromatic N) is 4. The summed E-state index contributed by atoms with van der Waals surface area (Å²) >= 11 is 6.30. The molecule has 14 heteroatoms. The second-order valence-electron chi connectivity index (χ2n) is 9.07. The Morgan fingerprint density at radius 1 is 1.26 bits per heavy atom. The van der Waals surface area contributed by atoms with Gasteiger partial charge in [0.2, 0.25) is 11.8 Å². The van der Waals surface area contributed by atoms with Gasteiger partial charge in [0, 0.05) is 21.8 Å². The third kappa shape index (κ3) is 5.12. The number of nitrogens with two attached hydrogens (primary N) is 1. The number of carboxylic acid groups (broad SMARTS) is 1. The molecule has 0 radical (unpaired) electrons. The van der Waals surface area contributed by atoms with E-state index in [0.29, 0.717) is 45.7 Å². The monoisotopic (exact) mass is 560 g/mol. The van der Waals surface area contributed by atoms with Gasteiger partial charge in [0.25, 0.3) is 0 Å². The van der Waals surface area contributed by atoms with Gasteiger partial charge in [-0.05, 0) is 37.8 Å². The molecule has 2 atom stereocenters. The zero-order valence-corrected chi connectivity index (χ0v) is 22.2. The smallest absolute Gasteiger partial charge is 0.459 e. The molecular weight excluding hydrogens is 535 g/mol. The van der Waals surface area contributed by atoms with Crippen LogP contribution < -0.4 is 20.1 Å². The van der Waals surface area contributed by atoms with Crippen molar-refractivity contribution < 1.29 is 28.3 Å². The number of anilines is 1. The standard InChI is InChI=1S/C24H26ClN6O6P/c1-13(23(32)33)30-38(34,37-19-8-7-18(25)16-5-3-4-6-17(16)19)36-11-14-9-15(10-14)31-12-27-20-21(31)28-24(26)29-22(20)35-2/h3-8,12-15H,9-11H2,1-2H3,(H,30,34)(H,32,33)(H2,26,28,29)/t13?,14-,15+,38?. The summed E-state index contributed by atoms with van der Waals surface area (Å²) in [5.74, 6) is -0.496. The van der Waals surface area contributed by atoms with Crippen LogP contribution in [-0.4, -0.2) is 50.4 Å². The number of methoxy groups -OCH3 is 1. The van der Waals surface area contributed by atoms with E-state index in [-0.39, 0.29) is 30.3 Å². The molecule has 1 saturated carbocycles. The highest BCUT2D eigenvalue weighted by Gasteiger charge is 2.37. The fourth-order valence-electron chi connectivity index (χ4n) is 4.41. The number of benzene rings is 2. The van der Waals surface area contributed by atoms with Crippen LogP contribution in [0.2, 0.25) is 5.02 Å². The summed E-state index contributed by atoms with van der Waals surface area (Å²) in [5, 5.41) is 13.8. The van der Waals surface area contributed by atoms with Crippen LogP contribution >= 0.6 is 19.3 Å². The van der Waals surface area contributed by atoms with E-state index < -0.39 is 19.8 Å². The molecule has 0 amide bonds. The number of hydrogen-bond donors (Lipinski definition) is 3. The van der Waals surface area contributed by atoms with Crippen molar-refractivity contribution in [3.05, 3.63) is 47.7 Å². The summed E-state index contributed by atoms with van der Waals surface area (Å²) in [6.45, 7) is 1.46. The molecule has 2 aromatic heterocycles. The Morgan fingerprint density at radius 2 is 2.00 bits per heavy atom. The summed E-state index contributed by atoms with van der Waals surface area (Å²) in [4.78, 5) is 24.2. The van der Waals surface area contributed by atoms with Gasteiger partial charge in [-0.3, -0.25) is 9.32 Å². The van der Waals surface area contributed by atoms with Gasteiger partial charge >= 0.3 is 13.7 Å². The molecule has 0 bridgehead atoms. The largest absolute Gasteiger partial charge is 0.480 e. The molecule has 2 aromatic carbocycles. The molecule has 0 saturated heterocycles. The lowest BCUT2D eigenvalue weighted by atomic mass is 9.81. The molecule has 4 aromatic rings. The van der Waals surface area contributed by atoms with Gasteiger partial charge in [0.05, 0.1) is 20.0 Å². The van der Waals surface area contributed by atoms with Crippen LogP contribution in [-0.2, 0) is 13.9 Å². The van der Waals surface area contributed by atoms with Gasteiger partial charge in [0.1, 0.15) is 11.8 Å². The predicted octanol–water partition coefficient (Wildman–Crippen LogP) is 4.44. The molecule has 0 aliphatic heterocycles. The number of nitrogen functional groups attached to an aromatic ring is 1. The average molecular weight is 561 g/mol. The first kappa shape index (κ1) is 26.2. The maximum Gasteiger partial charge on any atom is 0.459 e. The third-order valence-electron chi connectivity index (χ3n) is 6.46. The minimum absolute atomic E-state index is 0.0411. The maximum atomic E-state index is 13.8. The molecule has 12 nitrogen and oxygen atoms in total. The number of hydrogen-bond acceptors (Lipinski definition) is 9. The minimum Gasteiger partial charge on any atom is -0.480 e. The number of halogens is 1. The number of imidazole rings is 1. The quantitative estimate of drug-likeness (QED) is 0.235. The van der Waals surface area contributed by atoms with Crippen molar-refractivity contribution in [2.45, 2.75) is 31.8 Å². The molecule has 1 aliphatic rings. The van der Waals surface area contributed by atoms with Crippen molar-refractivity contribution in [1.29, 1.82) is 0 Å². The molecule has 1 fully saturated rings. The van der Waals surface area contributed by atoms with Crippen LogP contribution in [0.4, 0.5) is 5.95 Å². The Hall–Kier alpha value is -3.44. The Balaban J connectivity index is 1.31. The Labute approximate surface area is 222 Å². The normalized spacial score (nSPS) is 19.6. The summed E-state index contributed by atoms with van der Waals surface area (Å²) < 4.78 is 32.5. The third-order valence-corrected chi connectivity index (χ3v) is 8.42. The average Bonchev–Trinajstić information content (AvgIpc) is 3.27. The summed E-state index contributed by atoms with van der Waals surface area (Å²) in [7, 11) is -2.60. The van der Waals surface area contributed by atoms with Gasteiger partial charge in [0.15, 0.2) is 11.2 Å². The number of ether oxygens (including phenoxy) is 1. The van der Waals surface area contributed by atoms with Crippen LogP contribution in [0.15, 0.2) is 42.7 Å². The first-order valence-corrected chi connectivity index (χ1v) is 13.8. The van der Waals surface area contributed by atoms with E-state index in [1.165, 1.54) is 14.0 Å². The van der Waals surface area contributed by atoms with Crippen molar-refractivity contribution in [3.8, 4) is 11.6 Å². The second-order valence-corrected chi connectivity index (χ2v) is 11.2. The Bertz CT molecular complexity index is 1560. The molecule has 1 aliphatic carbocycles. The lowest BCUT2D eigenvalue weighted by molar-refractivity contribution is -0.138. The first-order valence-electron chi connectivity index (χ1n) is 11.8. The number of aliphatic carboxylic acids is 1. The lowest BCUT2D eigenvalue weighted by Gasteiger charge is -2.36. The van der Waals surface area contributed by atoms with Gasteiger partial charge in [-0.2, -0.15) is 15.1 Å². The number of fused-ring (bicyclic) bond motifs is 2. The summed E-state index contributed by atoms with van der Waals surface area (Å²) in [6, 6.07) is 9.31. The van der Waals surface area contributed by atoms with E-state index in [9.17, 15) is 14.5 Å². The van der Waals surface area contributed by atoms with Crippen LogP contribution in [0, 0.1) is 5.92 Å². The highest BCUT2D eigenvalue weighted by atomic mass is 35.5. The first-order chi connectivity index (χ1) is 18.2. The molecule has 2 unspecified atom stereocenters. The van der Waals surface area contributed by atoms with Crippen LogP contribution in [0.3, 0.4) is 0 Å². The van der Waals surface area contributed by atoms with Gasteiger partial charge in [-0.15, -0.1) is 0 Å². The number of carbonyl (C=O) groups is 1. The van der Waals surface area contributed by atoms with Crippen LogP contribution in [0.25, 0.3) is 21.9 Å². The Kier molecular flexibility index (Phi) is 7.15. The van der Waals surface area contributed by atoms with Crippen LogP contribution in [0.5, 0.6) is 11.6 Å². The van der Waals surface area contributed by atoms with Crippen molar-refractivity contribution in [2.75, 3.05) is 19.5 Å². The highest BCUT2D eigenvalue weighted by molar-refractivity contribution is 7.52. The van der Waals surface area contributed by atoms with E-state index in [1.54, 1.807) is 30.6 Å². The van der Waals surface area contributed by atoms with E-state index in [1.807, 2.05) is 16.7 Å². The topological polar surface area (TPSA) is 164 Å². The molecule has 5 rings (SSSR count). The van der Waals surface area contributed by atoms with Crippen molar-refractivity contribution in [1.82, 2.24) is 24.6 Å². The zero-order chi connectivity index (χ0) is 27.0. The second kappa shape index (κ2) is 10.4. The van der Waals surface area contributed by atoms with Gasteiger partial charge in [-0.1, -0.05) is 35.9 Å². The molecule has 0 spiro atoms. The maximum absolute atomic E-state index is 13.8. The van der Waals surface area contributed by atoms with Crippen LogP contribution in [0.1, 0.15) is 25.8 Å². The summed E-state index contributed by atoms with van der Waals surface area (Å²) in [6.07, 6.45) is 3.05. The van der Waals surface area contributed by atoms with E-state index in [0.717, 1.165) is 0 Å². The highest BCUT2D eigenvalue weighted by Crippen LogP contribution is 2.49. The molecule has 200 valence electrons. The van der Waals surface area contributed by atoms with Crippen molar-refractivity contribution in [3.63, 3.8) is 0 Å². The van der Waals surface area contributed by atoms with Crippen molar-refractivity contribution in [2.24, 2.45) is 5.92 Å². The molecule has 4 N–H and O–H groups in total. The number of nitrogens with one attached hydrogen (secondary N) is 1. The number of carboxylic acids is 1. The number of rotatable bonds is 10. The minimum atomic E-state index is -4.09. The molecular formula is C24H26ClN6O6P. The SMILES string of the molecule is COc1nc(N)nc2c1ncn2[C@H]1C[C@@H](COP(=O)(NC(C)C(=O)O)Oc2ccc(Cl)c3ccccc23)C1. The zero-order valence-electron chi connectivity index (χ0n) is 20.6. The predicted molar refractivity (Wildman–Crippen MR) is 141 cm³/mol. The lowest BCUT2D eigenvalue weighted by Crippen LogP contribution is -2.35. The fraction of sp³-hybridized carbons (Fsp3) is 0.333.